The second kappa shape index (κ2) is 8.55. The van der Waals surface area contributed by atoms with Crippen LogP contribution in [0.25, 0.3) is 0 Å². The number of morpholine rings is 1. The number of fused-ring (bicyclic) bond motifs is 1. The smallest absolute Gasteiger partial charge is 0.340 e. The second-order valence-electron chi connectivity index (χ2n) is 7.68. The van der Waals surface area contributed by atoms with Crippen molar-refractivity contribution in [2.45, 2.75) is 26.2 Å². The lowest BCUT2D eigenvalue weighted by atomic mass is 9.90. The van der Waals surface area contributed by atoms with E-state index in [0.717, 1.165) is 31.6 Å². The summed E-state index contributed by atoms with van der Waals surface area (Å²) in [6, 6.07) is 7.50. The van der Waals surface area contributed by atoms with E-state index in [1.54, 1.807) is 23.5 Å². The molecule has 2 aliphatic rings. The molecule has 6 nitrogen and oxygen atoms in total. The highest BCUT2D eigenvalue weighted by atomic mass is 32.1. The number of esters is 1. The van der Waals surface area contributed by atoms with E-state index in [4.69, 9.17) is 9.47 Å². The number of hydrogen-bond acceptors (Lipinski definition) is 6. The van der Waals surface area contributed by atoms with Gasteiger partial charge in [0.25, 0.3) is 5.91 Å². The molecule has 2 aromatic rings. The standard InChI is InChI=1S/C22H26N2O4S/c1-14-3-6-19-15(11-14)12-20(29-19)21(25)23-18-5-4-16(13-17(18)22(26)27-2)24-7-9-28-10-8-24/h4-5,12-14H,3,6-11H2,1-2H3,(H,23,25). The quantitative estimate of drug-likeness (QED) is 0.772. The molecule has 1 aliphatic carbocycles. The molecule has 2 heterocycles. The molecule has 1 fully saturated rings. The highest BCUT2D eigenvalue weighted by Crippen LogP contribution is 2.33. The van der Waals surface area contributed by atoms with Gasteiger partial charge in [-0.3, -0.25) is 4.79 Å². The first-order valence-electron chi connectivity index (χ1n) is 10.0. The Kier molecular flexibility index (Phi) is 5.87. The minimum Gasteiger partial charge on any atom is -0.465 e. The topological polar surface area (TPSA) is 67.9 Å². The van der Waals surface area contributed by atoms with E-state index in [1.165, 1.54) is 24.0 Å². The van der Waals surface area contributed by atoms with Crippen LogP contribution in [0.4, 0.5) is 11.4 Å². The fourth-order valence-corrected chi connectivity index (χ4v) is 5.04. The van der Waals surface area contributed by atoms with Gasteiger partial charge >= 0.3 is 5.97 Å². The number of amides is 1. The van der Waals surface area contributed by atoms with Gasteiger partial charge < -0.3 is 19.7 Å². The molecular formula is C22H26N2O4S. The highest BCUT2D eigenvalue weighted by Gasteiger charge is 2.23. The first-order chi connectivity index (χ1) is 14.0. The van der Waals surface area contributed by atoms with Crippen molar-refractivity contribution in [2.24, 2.45) is 5.92 Å². The van der Waals surface area contributed by atoms with Gasteiger partial charge in [-0.1, -0.05) is 6.92 Å². The molecule has 1 unspecified atom stereocenters. The van der Waals surface area contributed by atoms with Crippen molar-refractivity contribution in [3.8, 4) is 0 Å². The van der Waals surface area contributed by atoms with Crippen molar-refractivity contribution < 1.29 is 19.1 Å². The summed E-state index contributed by atoms with van der Waals surface area (Å²) in [7, 11) is 1.35. The molecule has 1 saturated heterocycles. The number of ether oxygens (including phenoxy) is 2. The number of benzene rings is 1. The molecule has 0 radical (unpaired) electrons. The Bertz CT molecular complexity index is 918. The van der Waals surface area contributed by atoms with E-state index in [1.807, 2.05) is 12.1 Å². The lowest BCUT2D eigenvalue weighted by molar-refractivity contribution is 0.0602. The average molecular weight is 415 g/mol. The van der Waals surface area contributed by atoms with Gasteiger partial charge in [-0.05, 0) is 55.0 Å². The van der Waals surface area contributed by atoms with Crippen LogP contribution in [0.15, 0.2) is 24.3 Å². The van der Waals surface area contributed by atoms with Crippen LogP contribution in [0.2, 0.25) is 0 Å². The van der Waals surface area contributed by atoms with Crippen molar-refractivity contribution in [3.63, 3.8) is 0 Å². The number of carbonyl (C=O) groups is 2. The first-order valence-corrected chi connectivity index (χ1v) is 10.8. The molecule has 7 heteroatoms. The van der Waals surface area contributed by atoms with Crippen LogP contribution in [-0.2, 0) is 22.3 Å². The fourth-order valence-electron chi connectivity index (χ4n) is 3.94. The van der Waals surface area contributed by atoms with E-state index in [0.29, 0.717) is 35.3 Å². The number of anilines is 2. The Hall–Kier alpha value is -2.38. The van der Waals surface area contributed by atoms with Crippen molar-refractivity contribution in [1.82, 2.24) is 0 Å². The molecule has 1 aliphatic heterocycles. The molecular weight excluding hydrogens is 388 g/mol. The summed E-state index contributed by atoms with van der Waals surface area (Å²) in [5, 5.41) is 2.92. The summed E-state index contributed by atoms with van der Waals surface area (Å²) in [6.45, 7) is 5.11. The molecule has 1 atom stereocenters. The van der Waals surface area contributed by atoms with Crippen LogP contribution >= 0.6 is 11.3 Å². The normalized spacial score (nSPS) is 18.8. The number of aryl methyl sites for hydroxylation is 1. The molecule has 1 amide bonds. The highest BCUT2D eigenvalue weighted by molar-refractivity contribution is 7.14. The lowest BCUT2D eigenvalue weighted by Gasteiger charge is -2.29. The van der Waals surface area contributed by atoms with E-state index in [9.17, 15) is 9.59 Å². The van der Waals surface area contributed by atoms with Crippen LogP contribution in [-0.4, -0.2) is 45.3 Å². The van der Waals surface area contributed by atoms with Gasteiger partial charge in [-0.2, -0.15) is 0 Å². The van der Waals surface area contributed by atoms with Gasteiger partial charge in [0, 0.05) is 23.7 Å². The predicted octanol–water partition coefficient (Wildman–Crippen LogP) is 3.75. The number of hydrogen-bond donors (Lipinski definition) is 1. The summed E-state index contributed by atoms with van der Waals surface area (Å²) in [5.74, 6) is 0.0164. The van der Waals surface area contributed by atoms with E-state index in [-0.39, 0.29) is 5.91 Å². The Morgan fingerprint density at radius 3 is 2.79 bits per heavy atom. The molecule has 1 aromatic carbocycles. The largest absolute Gasteiger partial charge is 0.465 e. The number of thiophene rings is 1. The number of carbonyl (C=O) groups excluding carboxylic acids is 2. The molecule has 4 rings (SSSR count). The number of rotatable bonds is 4. The minimum absolute atomic E-state index is 0.179. The third-order valence-electron chi connectivity index (χ3n) is 5.59. The van der Waals surface area contributed by atoms with Crippen LogP contribution in [0.5, 0.6) is 0 Å². The third kappa shape index (κ3) is 4.31. The van der Waals surface area contributed by atoms with Gasteiger partial charge in [0.2, 0.25) is 0 Å². The average Bonchev–Trinajstić information content (AvgIpc) is 3.17. The van der Waals surface area contributed by atoms with E-state index in [2.05, 4.69) is 17.1 Å². The van der Waals surface area contributed by atoms with Crippen LogP contribution in [0.1, 0.15) is 43.8 Å². The van der Waals surface area contributed by atoms with Crippen LogP contribution < -0.4 is 10.2 Å². The lowest BCUT2D eigenvalue weighted by Crippen LogP contribution is -2.36. The summed E-state index contributed by atoms with van der Waals surface area (Å²) in [6.07, 6.45) is 3.24. The zero-order valence-electron chi connectivity index (χ0n) is 16.8. The first kappa shape index (κ1) is 19.9. The van der Waals surface area contributed by atoms with E-state index < -0.39 is 5.97 Å². The monoisotopic (exact) mass is 414 g/mol. The fraction of sp³-hybridized carbons (Fsp3) is 0.455. The van der Waals surface area contributed by atoms with Crippen LogP contribution in [0.3, 0.4) is 0 Å². The van der Waals surface area contributed by atoms with Gasteiger partial charge in [0.1, 0.15) is 0 Å². The maximum absolute atomic E-state index is 12.9. The molecule has 1 aromatic heterocycles. The van der Waals surface area contributed by atoms with Crippen LogP contribution in [0, 0.1) is 5.92 Å². The predicted molar refractivity (Wildman–Crippen MR) is 114 cm³/mol. The SMILES string of the molecule is COC(=O)c1cc(N2CCOCC2)ccc1NC(=O)c1cc2c(s1)CCC(C)C2. The zero-order chi connectivity index (χ0) is 20.4. The Morgan fingerprint density at radius 2 is 2.03 bits per heavy atom. The minimum atomic E-state index is -0.463. The van der Waals surface area contributed by atoms with Crippen molar-refractivity contribution >= 4 is 34.6 Å². The van der Waals surface area contributed by atoms with Crippen molar-refractivity contribution in [3.05, 3.63) is 45.1 Å². The van der Waals surface area contributed by atoms with Crippen molar-refractivity contribution in [2.75, 3.05) is 43.6 Å². The maximum Gasteiger partial charge on any atom is 0.340 e. The molecule has 0 bridgehead atoms. The molecule has 154 valence electrons. The maximum atomic E-state index is 12.9. The molecule has 0 spiro atoms. The van der Waals surface area contributed by atoms with Gasteiger partial charge in [-0.25, -0.2) is 4.79 Å². The number of nitrogens with one attached hydrogen (secondary N) is 1. The van der Waals surface area contributed by atoms with Crippen molar-refractivity contribution in [1.29, 1.82) is 0 Å². The summed E-state index contributed by atoms with van der Waals surface area (Å²) in [5.41, 5.74) is 3.04. The summed E-state index contributed by atoms with van der Waals surface area (Å²) < 4.78 is 10.4. The Balaban J connectivity index is 1.57. The van der Waals surface area contributed by atoms with Gasteiger partial charge in [0.05, 0.1) is 36.5 Å². The molecule has 29 heavy (non-hydrogen) atoms. The molecule has 0 saturated carbocycles. The number of nitrogens with zero attached hydrogens (tertiary/aromatic N) is 1. The van der Waals surface area contributed by atoms with Gasteiger partial charge in [0.15, 0.2) is 0 Å². The van der Waals surface area contributed by atoms with Gasteiger partial charge in [-0.15, -0.1) is 11.3 Å². The zero-order valence-corrected chi connectivity index (χ0v) is 17.6. The summed E-state index contributed by atoms with van der Waals surface area (Å²) in [4.78, 5) is 29.4. The third-order valence-corrected chi connectivity index (χ3v) is 6.82. The Labute approximate surface area is 174 Å². The summed E-state index contributed by atoms with van der Waals surface area (Å²) >= 11 is 1.56. The number of methoxy groups -OCH3 is 1. The van der Waals surface area contributed by atoms with E-state index >= 15 is 0 Å². The second-order valence-corrected chi connectivity index (χ2v) is 8.82. The Morgan fingerprint density at radius 1 is 1.24 bits per heavy atom. The molecule has 1 N–H and O–H groups in total.